The predicted molar refractivity (Wildman–Crippen MR) is 79.5 cm³/mol. The highest BCUT2D eigenvalue weighted by atomic mass is 32.2. The molecule has 0 atom stereocenters. The van der Waals surface area contributed by atoms with Crippen molar-refractivity contribution in [3.05, 3.63) is 0 Å². The summed E-state index contributed by atoms with van der Waals surface area (Å²) in [7, 11) is -3.31. The van der Waals surface area contributed by atoms with E-state index in [4.69, 9.17) is 5.73 Å². The molecule has 0 bridgehead atoms. The van der Waals surface area contributed by atoms with Crippen LogP contribution in [0.4, 0.5) is 10.8 Å². The molecule has 0 radical (unpaired) electrons. The van der Waals surface area contributed by atoms with Crippen LogP contribution in [-0.2, 0) is 9.84 Å². The fourth-order valence-electron chi connectivity index (χ4n) is 2.27. The second-order valence-electron chi connectivity index (χ2n) is 4.94. The topological polar surface area (TPSA) is 76.3 Å². The Hall–Kier alpha value is -0.820. The van der Waals surface area contributed by atoms with Crippen molar-refractivity contribution in [3.63, 3.8) is 0 Å². The number of nitrogen functional groups attached to an aromatic ring is 1. The molecule has 108 valence electrons. The van der Waals surface area contributed by atoms with Gasteiger partial charge >= 0.3 is 0 Å². The molecule has 7 heteroatoms. The number of rotatable bonds is 6. The van der Waals surface area contributed by atoms with E-state index in [0.717, 1.165) is 13.1 Å². The normalized spacial score (nSPS) is 16.3. The van der Waals surface area contributed by atoms with Crippen molar-refractivity contribution in [3.8, 4) is 0 Å². The first kappa shape index (κ1) is 14.6. The largest absolute Gasteiger partial charge is 0.382 e. The molecule has 1 aromatic rings. The van der Waals surface area contributed by atoms with Gasteiger partial charge in [0, 0.05) is 13.1 Å². The van der Waals surface area contributed by atoms with Gasteiger partial charge in [-0.1, -0.05) is 13.3 Å². The van der Waals surface area contributed by atoms with Crippen LogP contribution in [0.25, 0.3) is 0 Å². The van der Waals surface area contributed by atoms with E-state index in [1.165, 1.54) is 30.8 Å². The molecule has 0 unspecified atom stereocenters. The molecule has 0 saturated heterocycles. The molecule has 5 nitrogen and oxygen atoms in total. The summed E-state index contributed by atoms with van der Waals surface area (Å²) < 4.78 is 28.4. The molecule has 1 aromatic heterocycles. The number of hydrogen-bond acceptors (Lipinski definition) is 6. The average Bonchev–Trinajstić information content (AvgIpc) is 2.71. The van der Waals surface area contributed by atoms with E-state index < -0.39 is 9.84 Å². The van der Waals surface area contributed by atoms with Crippen molar-refractivity contribution in [1.82, 2.24) is 4.37 Å². The Morgan fingerprint density at radius 3 is 2.58 bits per heavy atom. The molecule has 19 heavy (non-hydrogen) atoms. The van der Waals surface area contributed by atoms with E-state index in [1.54, 1.807) is 6.92 Å². The van der Waals surface area contributed by atoms with Gasteiger partial charge in [-0.05, 0) is 37.2 Å². The zero-order chi connectivity index (χ0) is 14.0. The summed E-state index contributed by atoms with van der Waals surface area (Å²) in [6.45, 7) is 5.37. The molecule has 1 fully saturated rings. The summed E-state index contributed by atoms with van der Waals surface area (Å²) in [4.78, 5) is 2.35. The summed E-state index contributed by atoms with van der Waals surface area (Å²) in [6.07, 6.45) is 3.76. The molecular weight excluding hydrogens is 282 g/mol. The second kappa shape index (κ2) is 5.66. The average molecular weight is 303 g/mol. The van der Waals surface area contributed by atoms with Crippen molar-refractivity contribution < 1.29 is 8.42 Å². The molecule has 2 rings (SSSR count). The van der Waals surface area contributed by atoms with Crippen molar-refractivity contribution >= 4 is 32.2 Å². The minimum atomic E-state index is -3.31. The SMILES string of the molecule is CCN(CC1CCC1)c1snc(N)c1S(=O)(=O)CC. The van der Waals surface area contributed by atoms with Gasteiger partial charge in [-0.3, -0.25) is 0 Å². The Balaban J connectivity index is 2.32. The van der Waals surface area contributed by atoms with Gasteiger partial charge in [0.1, 0.15) is 9.90 Å². The maximum Gasteiger partial charge on any atom is 0.184 e. The summed E-state index contributed by atoms with van der Waals surface area (Å²) in [5.41, 5.74) is 5.77. The Labute approximate surface area is 118 Å². The first-order valence-corrected chi connectivity index (χ1v) is 9.15. The molecule has 2 N–H and O–H groups in total. The van der Waals surface area contributed by atoms with Crippen LogP contribution in [0.15, 0.2) is 4.90 Å². The second-order valence-corrected chi connectivity index (χ2v) is 7.91. The minimum absolute atomic E-state index is 0.0591. The van der Waals surface area contributed by atoms with Crippen LogP contribution >= 0.6 is 11.5 Å². The number of nitrogens with zero attached hydrogens (tertiary/aromatic N) is 2. The quantitative estimate of drug-likeness (QED) is 0.871. The van der Waals surface area contributed by atoms with Gasteiger partial charge in [0.05, 0.1) is 5.75 Å². The van der Waals surface area contributed by atoms with Crippen LogP contribution in [0.2, 0.25) is 0 Å². The van der Waals surface area contributed by atoms with E-state index in [2.05, 4.69) is 9.27 Å². The number of sulfone groups is 1. The van der Waals surface area contributed by atoms with Gasteiger partial charge < -0.3 is 10.6 Å². The number of anilines is 2. The zero-order valence-corrected chi connectivity index (χ0v) is 13.1. The lowest BCUT2D eigenvalue weighted by atomic mass is 9.85. The first-order chi connectivity index (χ1) is 8.99. The van der Waals surface area contributed by atoms with Crippen LogP contribution in [0.1, 0.15) is 33.1 Å². The highest BCUT2D eigenvalue weighted by molar-refractivity contribution is 7.91. The number of nitrogens with two attached hydrogens (primary N) is 1. The Morgan fingerprint density at radius 1 is 1.42 bits per heavy atom. The van der Waals surface area contributed by atoms with E-state index in [0.29, 0.717) is 10.9 Å². The van der Waals surface area contributed by atoms with Crippen LogP contribution in [0.5, 0.6) is 0 Å². The van der Waals surface area contributed by atoms with E-state index in [1.807, 2.05) is 6.92 Å². The Kier molecular flexibility index (Phi) is 4.35. The highest BCUT2D eigenvalue weighted by Gasteiger charge is 2.29. The van der Waals surface area contributed by atoms with Crippen molar-refractivity contribution in [2.24, 2.45) is 5.92 Å². The van der Waals surface area contributed by atoms with Crippen LogP contribution in [0, 0.1) is 5.92 Å². The van der Waals surface area contributed by atoms with Crippen molar-refractivity contribution in [2.75, 3.05) is 29.5 Å². The van der Waals surface area contributed by atoms with Gasteiger partial charge in [0.25, 0.3) is 0 Å². The number of aromatic nitrogens is 1. The molecule has 0 amide bonds. The Morgan fingerprint density at radius 2 is 2.11 bits per heavy atom. The summed E-state index contributed by atoms with van der Waals surface area (Å²) >= 11 is 1.20. The standard InChI is InChI=1S/C12H21N3O2S2/c1-3-15(8-9-6-5-7-9)12-10(11(13)14-18-12)19(16,17)4-2/h9H,3-8H2,1-2H3,(H2,13,14). The lowest BCUT2D eigenvalue weighted by Crippen LogP contribution is -2.32. The predicted octanol–water partition coefficient (Wildman–Crippen LogP) is 2.15. The van der Waals surface area contributed by atoms with Gasteiger partial charge in [-0.15, -0.1) is 0 Å². The van der Waals surface area contributed by atoms with E-state index >= 15 is 0 Å². The molecular formula is C12H21N3O2S2. The van der Waals surface area contributed by atoms with Gasteiger partial charge in [-0.25, -0.2) is 8.42 Å². The third-order valence-electron chi connectivity index (χ3n) is 3.72. The van der Waals surface area contributed by atoms with Crippen LogP contribution in [-0.4, -0.2) is 31.6 Å². The van der Waals surface area contributed by atoms with Gasteiger partial charge in [0.2, 0.25) is 0 Å². The third kappa shape index (κ3) is 2.86. The summed E-state index contributed by atoms with van der Waals surface area (Å²) in [5.74, 6) is 0.887. The zero-order valence-electron chi connectivity index (χ0n) is 11.4. The van der Waals surface area contributed by atoms with E-state index in [-0.39, 0.29) is 16.5 Å². The van der Waals surface area contributed by atoms with Gasteiger partial charge in [0.15, 0.2) is 15.7 Å². The molecule has 1 aliphatic carbocycles. The lowest BCUT2D eigenvalue weighted by molar-refractivity contribution is 0.318. The summed E-state index contributed by atoms with van der Waals surface area (Å²) in [5, 5.41) is 0.716. The Bertz CT molecular complexity index is 535. The fourth-order valence-corrected chi connectivity index (χ4v) is 4.65. The van der Waals surface area contributed by atoms with Crippen LogP contribution < -0.4 is 10.6 Å². The smallest absolute Gasteiger partial charge is 0.184 e. The van der Waals surface area contributed by atoms with Gasteiger partial charge in [-0.2, -0.15) is 4.37 Å². The molecule has 1 aliphatic rings. The molecule has 0 spiro atoms. The fraction of sp³-hybridized carbons (Fsp3) is 0.750. The molecule has 1 heterocycles. The first-order valence-electron chi connectivity index (χ1n) is 6.72. The monoisotopic (exact) mass is 303 g/mol. The van der Waals surface area contributed by atoms with E-state index in [9.17, 15) is 8.42 Å². The molecule has 1 saturated carbocycles. The van der Waals surface area contributed by atoms with Crippen molar-refractivity contribution in [2.45, 2.75) is 38.0 Å². The maximum atomic E-state index is 12.2. The van der Waals surface area contributed by atoms with Crippen molar-refractivity contribution in [1.29, 1.82) is 0 Å². The molecule has 0 aliphatic heterocycles. The lowest BCUT2D eigenvalue weighted by Gasteiger charge is -2.32. The summed E-state index contributed by atoms with van der Waals surface area (Å²) in [6, 6.07) is 0. The number of hydrogen-bond donors (Lipinski definition) is 1. The van der Waals surface area contributed by atoms with Crippen LogP contribution in [0.3, 0.4) is 0 Å². The molecule has 0 aromatic carbocycles. The third-order valence-corrected chi connectivity index (χ3v) is 6.56. The highest BCUT2D eigenvalue weighted by Crippen LogP contribution is 2.37. The minimum Gasteiger partial charge on any atom is -0.382 e. The maximum absolute atomic E-state index is 12.2.